The highest BCUT2D eigenvalue weighted by molar-refractivity contribution is 5.69. The third-order valence-electron chi connectivity index (χ3n) is 2.62. The summed E-state index contributed by atoms with van der Waals surface area (Å²) < 4.78 is 10.5. The van der Waals surface area contributed by atoms with Gasteiger partial charge in [0.05, 0.1) is 19.6 Å². The van der Waals surface area contributed by atoms with Crippen molar-refractivity contribution in [1.29, 1.82) is 0 Å². The van der Waals surface area contributed by atoms with Crippen LogP contribution in [-0.2, 0) is 20.7 Å². The summed E-state index contributed by atoms with van der Waals surface area (Å²) in [4.78, 5) is 11.4. The smallest absolute Gasteiger partial charge is 0.308 e. The lowest BCUT2D eigenvalue weighted by Crippen LogP contribution is -2.11. The van der Waals surface area contributed by atoms with Crippen LogP contribution >= 0.6 is 0 Å². The number of esters is 1. The van der Waals surface area contributed by atoms with Gasteiger partial charge in [0.15, 0.2) is 0 Å². The molecule has 0 saturated carbocycles. The Kier molecular flexibility index (Phi) is 7.91. The number of benzene rings is 1. The largest absolute Gasteiger partial charge is 0.466 e. The number of rotatable bonds is 9. The molecule has 3 heteroatoms. The Morgan fingerprint density at radius 3 is 2.58 bits per heavy atom. The maximum absolute atomic E-state index is 11.4. The number of hydrogen-bond donors (Lipinski definition) is 0. The van der Waals surface area contributed by atoms with Crippen molar-refractivity contribution in [1.82, 2.24) is 0 Å². The summed E-state index contributed by atoms with van der Waals surface area (Å²) in [6.45, 7) is 5.80. The summed E-state index contributed by atoms with van der Waals surface area (Å²) in [5.41, 5.74) is 1.28. The van der Waals surface area contributed by atoms with E-state index in [0.29, 0.717) is 32.2 Å². The predicted molar refractivity (Wildman–Crippen MR) is 76.0 cm³/mol. The van der Waals surface area contributed by atoms with Gasteiger partial charge >= 0.3 is 5.97 Å². The molecule has 0 spiro atoms. The third kappa shape index (κ3) is 8.38. The number of carbonyl (C=O) groups excluding carboxylic acids is 1. The molecule has 0 fully saturated rings. The molecule has 0 heterocycles. The Balaban J connectivity index is 1.98. The van der Waals surface area contributed by atoms with Crippen LogP contribution in [0.1, 0.15) is 32.3 Å². The van der Waals surface area contributed by atoms with E-state index in [0.717, 1.165) is 12.8 Å². The van der Waals surface area contributed by atoms with Crippen molar-refractivity contribution in [2.75, 3.05) is 19.8 Å². The molecule has 0 saturated heterocycles. The zero-order valence-corrected chi connectivity index (χ0v) is 11.9. The van der Waals surface area contributed by atoms with Crippen LogP contribution in [0.15, 0.2) is 30.3 Å². The van der Waals surface area contributed by atoms with E-state index in [-0.39, 0.29) is 5.97 Å². The molecule has 1 rings (SSSR count). The second kappa shape index (κ2) is 9.56. The van der Waals surface area contributed by atoms with Gasteiger partial charge in [-0.2, -0.15) is 0 Å². The van der Waals surface area contributed by atoms with Crippen LogP contribution in [0.2, 0.25) is 0 Å². The first-order valence-electron chi connectivity index (χ1n) is 6.96. The van der Waals surface area contributed by atoms with Crippen LogP contribution in [0.4, 0.5) is 0 Å². The fourth-order valence-corrected chi connectivity index (χ4v) is 1.65. The lowest BCUT2D eigenvalue weighted by molar-refractivity contribution is -0.145. The van der Waals surface area contributed by atoms with Crippen molar-refractivity contribution < 1.29 is 14.3 Å². The van der Waals surface area contributed by atoms with Crippen LogP contribution in [0.25, 0.3) is 0 Å². The van der Waals surface area contributed by atoms with Gasteiger partial charge in [-0.1, -0.05) is 44.2 Å². The number of carbonyl (C=O) groups is 1. The Hall–Kier alpha value is -1.35. The van der Waals surface area contributed by atoms with Gasteiger partial charge in [-0.25, -0.2) is 0 Å². The molecule has 0 aromatic heterocycles. The molecule has 0 aliphatic carbocycles. The van der Waals surface area contributed by atoms with Gasteiger partial charge in [-0.05, 0) is 24.3 Å². The molecule has 0 unspecified atom stereocenters. The maximum Gasteiger partial charge on any atom is 0.308 e. The standard InChI is InChI=1S/C16H24O3/c1-14(2)13-18-12-10-16(17)19-11-6-9-15-7-4-3-5-8-15/h3-5,7-8,14H,6,9-13H2,1-2H3. The molecule has 1 aromatic carbocycles. The Morgan fingerprint density at radius 1 is 1.16 bits per heavy atom. The molecule has 1 aromatic rings. The second-order valence-corrected chi connectivity index (χ2v) is 5.03. The number of aryl methyl sites for hydroxylation is 1. The topological polar surface area (TPSA) is 35.5 Å². The van der Waals surface area contributed by atoms with Crippen LogP contribution in [0, 0.1) is 5.92 Å². The summed E-state index contributed by atoms with van der Waals surface area (Å²) in [7, 11) is 0. The molecule has 0 aliphatic rings. The van der Waals surface area contributed by atoms with E-state index in [9.17, 15) is 4.79 Å². The van der Waals surface area contributed by atoms with E-state index in [1.165, 1.54) is 5.56 Å². The average molecular weight is 264 g/mol. The summed E-state index contributed by atoms with van der Waals surface area (Å²) in [6, 6.07) is 10.2. The first kappa shape index (κ1) is 15.7. The SMILES string of the molecule is CC(C)COCCC(=O)OCCCc1ccccc1. The third-order valence-corrected chi connectivity index (χ3v) is 2.62. The van der Waals surface area contributed by atoms with E-state index >= 15 is 0 Å². The molecule has 19 heavy (non-hydrogen) atoms. The highest BCUT2D eigenvalue weighted by Crippen LogP contribution is 2.03. The number of hydrogen-bond acceptors (Lipinski definition) is 3. The van der Waals surface area contributed by atoms with E-state index in [4.69, 9.17) is 9.47 Å². The zero-order valence-electron chi connectivity index (χ0n) is 11.9. The molecular weight excluding hydrogens is 240 g/mol. The molecular formula is C16H24O3. The normalized spacial score (nSPS) is 10.7. The average Bonchev–Trinajstić information content (AvgIpc) is 2.41. The lowest BCUT2D eigenvalue weighted by atomic mass is 10.1. The van der Waals surface area contributed by atoms with Crippen molar-refractivity contribution in [3.63, 3.8) is 0 Å². The number of ether oxygens (including phenoxy) is 2. The minimum atomic E-state index is -0.170. The summed E-state index contributed by atoms with van der Waals surface area (Å²) in [5.74, 6) is 0.332. The van der Waals surface area contributed by atoms with Crippen LogP contribution in [0.5, 0.6) is 0 Å². The first-order chi connectivity index (χ1) is 9.18. The van der Waals surface area contributed by atoms with Gasteiger partial charge in [0.1, 0.15) is 0 Å². The molecule has 106 valence electrons. The van der Waals surface area contributed by atoms with Crippen LogP contribution in [-0.4, -0.2) is 25.8 Å². The molecule has 0 N–H and O–H groups in total. The van der Waals surface area contributed by atoms with Crippen molar-refractivity contribution in [2.24, 2.45) is 5.92 Å². The highest BCUT2D eigenvalue weighted by atomic mass is 16.5. The van der Waals surface area contributed by atoms with Gasteiger partial charge in [-0.15, -0.1) is 0 Å². The maximum atomic E-state index is 11.4. The quantitative estimate of drug-likeness (QED) is 0.507. The van der Waals surface area contributed by atoms with Crippen molar-refractivity contribution in [3.05, 3.63) is 35.9 Å². The van der Waals surface area contributed by atoms with E-state index in [1.54, 1.807) is 0 Å². The monoisotopic (exact) mass is 264 g/mol. The van der Waals surface area contributed by atoms with Gasteiger partial charge < -0.3 is 9.47 Å². The minimum Gasteiger partial charge on any atom is -0.466 e. The minimum absolute atomic E-state index is 0.170. The second-order valence-electron chi connectivity index (χ2n) is 5.03. The fourth-order valence-electron chi connectivity index (χ4n) is 1.65. The van der Waals surface area contributed by atoms with Crippen molar-refractivity contribution in [3.8, 4) is 0 Å². The molecule has 0 amide bonds. The first-order valence-corrected chi connectivity index (χ1v) is 6.96. The molecule has 0 aliphatic heterocycles. The van der Waals surface area contributed by atoms with Gasteiger partial charge in [-0.3, -0.25) is 4.79 Å². The highest BCUT2D eigenvalue weighted by Gasteiger charge is 2.03. The summed E-state index contributed by atoms with van der Waals surface area (Å²) in [5, 5.41) is 0. The van der Waals surface area contributed by atoms with E-state index in [1.807, 2.05) is 18.2 Å². The lowest BCUT2D eigenvalue weighted by Gasteiger charge is -2.07. The zero-order chi connectivity index (χ0) is 13.9. The van der Waals surface area contributed by atoms with Crippen LogP contribution in [0.3, 0.4) is 0 Å². The fraction of sp³-hybridized carbons (Fsp3) is 0.562. The molecule has 3 nitrogen and oxygen atoms in total. The molecule has 0 bridgehead atoms. The van der Waals surface area contributed by atoms with E-state index in [2.05, 4.69) is 26.0 Å². The van der Waals surface area contributed by atoms with Gasteiger partial charge in [0.2, 0.25) is 0 Å². The van der Waals surface area contributed by atoms with E-state index < -0.39 is 0 Å². The van der Waals surface area contributed by atoms with Gasteiger partial charge in [0.25, 0.3) is 0 Å². The van der Waals surface area contributed by atoms with Crippen molar-refractivity contribution in [2.45, 2.75) is 33.1 Å². The van der Waals surface area contributed by atoms with Crippen LogP contribution < -0.4 is 0 Å². The Bertz CT molecular complexity index is 346. The molecule has 0 radical (unpaired) electrons. The Morgan fingerprint density at radius 2 is 1.89 bits per heavy atom. The van der Waals surface area contributed by atoms with Crippen molar-refractivity contribution >= 4 is 5.97 Å². The Labute approximate surface area is 115 Å². The van der Waals surface area contributed by atoms with Gasteiger partial charge in [0, 0.05) is 6.61 Å². The predicted octanol–water partition coefficient (Wildman–Crippen LogP) is 3.23. The summed E-state index contributed by atoms with van der Waals surface area (Å²) in [6.07, 6.45) is 2.15. The summed E-state index contributed by atoms with van der Waals surface area (Å²) >= 11 is 0. The molecule has 0 atom stereocenters.